The van der Waals surface area contributed by atoms with Crippen molar-refractivity contribution in [2.75, 3.05) is 0 Å². The van der Waals surface area contributed by atoms with Crippen LogP contribution in [0.4, 0.5) is 5.69 Å². The zero-order valence-electron chi connectivity index (χ0n) is 15.4. The molecule has 0 spiro atoms. The Morgan fingerprint density at radius 1 is 1.04 bits per heavy atom. The van der Waals surface area contributed by atoms with Gasteiger partial charge in [0.2, 0.25) is 0 Å². The molecule has 4 aromatic rings. The molecule has 2 aromatic heterocycles. The van der Waals surface area contributed by atoms with Crippen LogP contribution in [0.3, 0.4) is 0 Å². The van der Waals surface area contributed by atoms with E-state index < -0.39 is 4.92 Å². The van der Waals surface area contributed by atoms with Gasteiger partial charge in [-0.2, -0.15) is 0 Å². The van der Waals surface area contributed by atoms with Gasteiger partial charge in [-0.3, -0.25) is 10.1 Å². The zero-order valence-corrected chi connectivity index (χ0v) is 15.4. The minimum absolute atomic E-state index is 0.0202. The van der Waals surface area contributed by atoms with Crippen molar-refractivity contribution >= 4 is 16.9 Å². The van der Waals surface area contributed by atoms with Gasteiger partial charge >= 0.3 is 0 Å². The molecule has 0 N–H and O–H groups in total. The predicted molar refractivity (Wildman–Crippen MR) is 108 cm³/mol. The maximum Gasteiger partial charge on any atom is 0.270 e. The van der Waals surface area contributed by atoms with E-state index in [0.717, 1.165) is 36.2 Å². The summed E-state index contributed by atoms with van der Waals surface area (Å²) in [7, 11) is 0. The molecule has 0 radical (unpaired) electrons. The number of benzene rings is 2. The Bertz CT molecular complexity index is 1140. The summed E-state index contributed by atoms with van der Waals surface area (Å²) in [6.07, 6.45) is 5.35. The fourth-order valence-corrected chi connectivity index (χ4v) is 3.28. The predicted octanol–water partition coefficient (Wildman–Crippen LogP) is 4.87. The summed E-state index contributed by atoms with van der Waals surface area (Å²) >= 11 is 0. The third-order valence-electron chi connectivity index (χ3n) is 4.71. The fraction of sp³-hybridized carbons (Fsp3) is 0.190. The van der Waals surface area contributed by atoms with E-state index in [0.29, 0.717) is 16.8 Å². The first kappa shape index (κ1) is 17.8. The minimum Gasteiger partial charge on any atom is -0.315 e. The number of nitrogens with zero attached hydrogens (tertiary/aromatic N) is 5. The number of aryl methyl sites for hydroxylation is 1. The number of hydrogen-bond acceptors (Lipinski definition) is 5. The summed E-state index contributed by atoms with van der Waals surface area (Å²) in [5, 5.41) is 11.4. The van der Waals surface area contributed by atoms with Crippen molar-refractivity contribution < 1.29 is 4.92 Å². The molecule has 140 valence electrons. The summed E-state index contributed by atoms with van der Waals surface area (Å²) in [6.45, 7) is 2.96. The van der Waals surface area contributed by atoms with E-state index in [1.54, 1.807) is 18.5 Å². The molecule has 28 heavy (non-hydrogen) atoms. The van der Waals surface area contributed by atoms with Crippen LogP contribution in [-0.2, 0) is 6.54 Å². The topological polar surface area (TPSA) is 86.7 Å². The Labute approximate surface area is 161 Å². The van der Waals surface area contributed by atoms with E-state index in [4.69, 9.17) is 0 Å². The molecule has 0 aliphatic carbocycles. The number of aromatic nitrogens is 4. The van der Waals surface area contributed by atoms with Crippen LogP contribution < -0.4 is 0 Å². The van der Waals surface area contributed by atoms with Gasteiger partial charge in [0.1, 0.15) is 17.5 Å². The fourth-order valence-electron chi connectivity index (χ4n) is 3.28. The molecule has 2 heterocycles. The molecular weight excluding hydrogens is 354 g/mol. The van der Waals surface area contributed by atoms with Gasteiger partial charge in [-0.15, -0.1) is 0 Å². The second-order valence-corrected chi connectivity index (χ2v) is 6.54. The smallest absolute Gasteiger partial charge is 0.270 e. The number of nitro groups is 1. The highest BCUT2D eigenvalue weighted by molar-refractivity contribution is 5.94. The first-order valence-corrected chi connectivity index (χ1v) is 9.19. The van der Waals surface area contributed by atoms with E-state index in [1.807, 2.05) is 34.9 Å². The normalized spacial score (nSPS) is 11.0. The Kier molecular flexibility index (Phi) is 4.80. The summed E-state index contributed by atoms with van der Waals surface area (Å²) in [5.41, 5.74) is 4.52. The number of rotatable bonds is 6. The van der Waals surface area contributed by atoms with Crippen LogP contribution in [0.2, 0.25) is 0 Å². The molecule has 0 unspecified atom stereocenters. The second-order valence-electron chi connectivity index (χ2n) is 6.54. The molecule has 7 nitrogen and oxygen atoms in total. The number of imidazole rings is 1. The molecule has 4 rings (SSSR count). The van der Waals surface area contributed by atoms with Crippen molar-refractivity contribution in [3.63, 3.8) is 0 Å². The van der Waals surface area contributed by atoms with Gasteiger partial charge in [-0.05, 0) is 23.6 Å². The van der Waals surface area contributed by atoms with E-state index in [9.17, 15) is 10.1 Å². The molecule has 0 aliphatic heterocycles. The Morgan fingerprint density at radius 3 is 2.61 bits per heavy atom. The third-order valence-corrected chi connectivity index (χ3v) is 4.71. The third kappa shape index (κ3) is 3.22. The Hall–Kier alpha value is -3.61. The van der Waals surface area contributed by atoms with Crippen molar-refractivity contribution in [3.05, 3.63) is 71.3 Å². The van der Waals surface area contributed by atoms with E-state index >= 15 is 0 Å². The van der Waals surface area contributed by atoms with Crippen LogP contribution in [0.5, 0.6) is 0 Å². The van der Waals surface area contributed by atoms with Crippen molar-refractivity contribution in [1.82, 2.24) is 19.5 Å². The average molecular weight is 373 g/mol. The lowest BCUT2D eigenvalue weighted by Gasteiger charge is -2.10. The lowest BCUT2D eigenvalue weighted by atomic mass is 9.96. The van der Waals surface area contributed by atoms with E-state index in [-0.39, 0.29) is 5.69 Å². The number of hydrogen-bond donors (Lipinski definition) is 0. The number of fused-ring (bicyclic) bond motifs is 1. The summed E-state index contributed by atoms with van der Waals surface area (Å²) in [6, 6.07) is 14.6. The van der Waals surface area contributed by atoms with Crippen LogP contribution in [0.15, 0.2) is 61.2 Å². The molecule has 0 atom stereocenters. The molecule has 0 amide bonds. The standard InChI is InChI=1S/C21H19N5O2/c1-2-3-11-25-14-24-20-19(22-13-23-21(20)25)18-12-16(26(27)28)9-10-17(18)15-7-5-4-6-8-15/h4-10,12-14H,2-3,11H2,1H3. The SMILES string of the molecule is CCCCn1cnc2c(-c3cc([N+](=O)[O-])ccc3-c3ccccc3)ncnc21. The lowest BCUT2D eigenvalue weighted by molar-refractivity contribution is -0.384. The molecule has 0 aliphatic rings. The second kappa shape index (κ2) is 7.56. The number of unbranched alkanes of at least 4 members (excludes halogenated alkanes) is 1. The largest absolute Gasteiger partial charge is 0.315 e. The van der Waals surface area contributed by atoms with Gasteiger partial charge in [-0.1, -0.05) is 43.7 Å². The van der Waals surface area contributed by atoms with Gasteiger partial charge in [0, 0.05) is 24.2 Å². The van der Waals surface area contributed by atoms with Crippen molar-refractivity contribution in [1.29, 1.82) is 0 Å². The van der Waals surface area contributed by atoms with Gasteiger partial charge in [0.25, 0.3) is 5.69 Å². The van der Waals surface area contributed by atoms with Crippen LogP contribution in [-0.4, -0.2) is 24.4 Å². The quantitative estimate of drug-likeness (QED) is 0.355. The Morgan fingerprint density at radius 2 is 1.86 bits per heavy atom. The van der Waals surface area contributed by atoms with E-state index in [1.165, 1.54) is 12.4 Å². The maximum absolute atomic E-state index is 11.4. The molecular formula is C21H19N5O2. The summed E-state index contributed by atoms with van der Waals surface area (Å²) in [5.74, 6) is 0. The van der Waals surface area contributed by atoms with Gasteiger partial charge in [0.15, 0.2) is 5.65 Å². The molecule has 0 fully saturated rings. The average Bonchev–Trinajstić information content (AvgIpc) is 3.15. The Balaban J connectivity index is 1.94. The van der Waals surface area contributed by atoms with Crippen molar-refractivity contribution in [3.8, 4) is 22.4 Å². The van der Waals surface area contributed by atoms with Crippen LogP contribution in [0.25, 0.3) is 33.5 Å². The molecule has 7 heteroatoms. The van der Waals surface area contributed by atoms with E-state index in [2.05, 4.69) is 21.9 Å². The van der Waals surface area contributed by atoms with Crippen molar-refractivity contribution in [2.24, 2.45) is 0 Å². The minimum atomic E-state index is -0.392. The van der Waals surface area contributed by atoms with Gasteiger partial charge < -0.3 is 4.57 Å². The number of non-ortho nitro benzene ring substituents is 1. The molecule has 0 saturated heterocycles. The van der Waals surface area contributed by atoms with Crippen molar-refractivity contribution in [2.45, 2.75) is 26.3 Å². The summed E-state index contributed by atoms with van der Waals surface area (Å²) < 4.78 is 2.00. The van der Waals surface area contributed by atoms with Crippen LogP contribution in [0, 0.1) is 10.1 Å². The summed E-state index contributed by atoms with van der Waals surface area (Å²) in [4.78, 5) is 24.3. The molecule has 0 saturated carbocycles. The lowest BCUT2D eigenvalue weighted by Crippen LogP contribution is -1.99. The maximum atomic E-state index is 11.4. The van der Waals surface area contributed by atoms with Crippen LogP contribution in [0.1, 0.15) is 19.8 Å². The molecule has 0 bridgehead atoms. The zero-order chi connectivity index (χ0) is 19.5. The first-order chi connectivity index (χ1) is 13.7. The first-order valence-electron chi connectivity index (χ1n) is 9.19. The van der Waals surface area contributed by atoms with Gasteiger partial charge in [-0.25, -0.2) is 15.0 Å². The molecule has 2 aromatic carbocycles. The highest BCUT2D eigenvalue weighted by Gasteiger charge is 2.19. The monoisotopic (exact) mass is 373 g/mol. The highest BCUT2D eigenvalue weighted by Crippen LogP contribution is 2.36. The highest BCUT2D eigenvalue weighted by atomic mass is 16.6. The van der Waals surface area contributed by atoms with Gasteiger partial charge in [0.05, 0.1) is 11.3 Å². The van der Waals surface area contributed by atoms with Crippen LogP contribution >= 0.6 is 0 Å². The number of nitro benzene ring substituents is 1.